The Morgan fingerprint density at radius 3 is 2.38 bits per heavy atom. The zero-order chi connectivity index (χ0) is 17.7. The van der Waals surface area contributed by atoms with Crippen LogP contribution in [0.25, 0.3) is 0 Å². The van der Waals surface area contributed by atoms with Gasteiger partial charge in [0.05, 0.1) is 12.8 Å². The summed E-state index contributed by atoms with van der Waals surface area (Å²) in [7, 11) is -2.74. The molecule has 0 radical (unpaired) electrons. The molecule has 0 unspecified atom stereocenters. The largest absolute Gasteiger partial charge is 0.468 e. The molecule has 2 aromatic rings. The number of nitrogens with two attached hydrogens (primary N) is 1. The molecule has 2 rings (SSSR count). The third kappa shape index (κ3) is 3.93. The van der Waals surface area contributed by atoms with Gasteiger partial charge in [-0.15, -0.1) is 0 Å². The van der Waals surface area contributed by atoms with Crippen molar-refractivity contribution in [2.45, 2.75) is 18.4 Å². The molecule has 24 heavy (non-hydrogen) atoms. The molecule has 7 heteroatoms. The van der Waals surface area contributed by atoms with Gasteiger partial charge in [0, 0.05) is 6.54 Å². The maximum Gasteiger partial charge on any atom is 0.321 e. The van der Waals surface area contributed by atoms with Gasteiger partial charge in [0.1, 0.15) is 11.4 Å². The van der Waals surface area contributed by atoms with Crippen molar-refractivity contribution in [2.24, 2.45) is 0 Å². The second kappa shape index (κ2) is 7.46. The van der Waals surface area contributed by atoms with E-state index >= 15 is 0 Å². The Kier molecular flexibility index (Phi) is 5.58. The first-order valence-corrected chi connectivity index (χ1v) is 8.76. The van der Waals surface area contributed by atoms with Crippen molar-refractivity contribution in [3.8, 4) is 0 Å². The Morgan fingerprint density at radius 1 is 1.12 bits per heavy atom. The van der Waals surface area contributed by atoms with Crippen LogP contribution in [0.3, 0.4) is 0 Å². The highest BCUT2D eigenvalue weighted by molar-refractivity contribution is 7.89. The number of hydrogen-bond acceptors (Lipinski definition) is 5. The lowest BCUT2D eigenvalue weighted by molar-refractivity contribution is -0.140. The molecule has 0 atom stereocenters. The van der Waals surface area contributed by atoms with Crippen LogP contribution in [0.2, 0.25) is 0 Å². The smallest absolute Gasteiger partial charge is 0.321 e. The molecule has 0 spiro atoms. The van der Waals surface area contributed by atoms with Gasteiger partial charge < -0.3 is 10.5 Å². The molecule has 0 aromatic heterocycles. The molecule has 0 aliphatic heterocycles. The molecule has 0 bridgehead atoms. The molecule has 0 aliphatic rings. The maximum absolute atomic E-state index is 13.1. The zero-order valence-corrected chi connectivity index (χ0v) is 14.4. The first-order valence-electron chi connectivity index (χ1n) is 7.32. The van der Waals surface area contributed by atoms with Crippen molar-refractivity contribution in [1.29, 1.82) is 0 Å². The lowest BCUT2D eigenvalue weighted by Crippen LogP contribution is -2.36. The SMILES string of the molecule is COC(=O)CN(Cc1ccccc1)S(=O)(=O)c1c(C)cccc1N. The van der Waals surface area contributed by atoms with Gasteiger partial charge in [-0.25, -0.2) is 8.42 Å². The number of carbonyl (C=O) groups is 1. The minimum atomic E-state index is -3.96. The molecule has 0 aliphatic carbocycles. The number of hydrogen-bond donors (Lipinski definition) is 1. The van der Waals surface area contributed by atoms with E-state index in [1.165, 1.54) is 13.2 Å². The van der Waals surface area contributed by atoms with Crippen LogP contribution in [-0.4, -0.2) is 32.3 Å². The first kappa shape index (κ1) is 18.0. The van der Waals surface area contributed by atoms with E-state index in [0.717, 1.165) is 9.87 Å². The number of methoxy groups -OCH3 is 1. The molecule has 0 heterocycles. The lowest BCUT2D eigenvalue weighted by Gasteiger charge is -2.23. The summed E-state index contributed by atoms with van der Waals surface area (Å²) >= 11 is 0. The van der Waals surface area contributed by atoms with Crippen LogP contribution in [0.15, 0.2) is 53.4 Å². The van der Waals surface area contributed by atoms with Crippen molar-refractivity contribution in [3.63, 3.8) is 0 Å². The molecule has 128 valence electrons. The summed E-state index contributed by atoms with van der Waals surface area (Å²) in [4.78, 5) is 11.7. The van der Waals surface area contributed by atoms with E-state index in [1.807, 2.05) is 6.07 Å². The highest BCUT2D eigenvalue weighted by Gasteiger charge is 2.30. The number of benzene rings is 2. The highest BCUT2D eigenvalue weighted by Crippen LogP contribution is 2.27. The molecule has 2 N–H and O–H groups in total. The number of nitrogen functional groups attached to an aromatic ring is 1. The molecule has 6 nitrogen and oxygen atoms in total. The van der Waals surface area contributed by atoms with Crippen molar-refractivity contribution in [2.75, 3.05) is 19.4 Å². The van der Waals surface area contributed by atoms with E-state index in [2.05, 4.69) is 4.74 Å². The number of esters is 1. The van der Waals surface area contributed by atoms with Gasteiger partial charge in [0.2, 0.25) is 10.0 Å². The number of ether oxygens (including phenoxy) is 1. The van der Waals surface area contributed by atoms with Gasteiger partial charge in [0.25, 0.3) is 0 Å². The molecule has 0 fully saturated rings. The average Bonchev–Trinajstić information content (AvgIpc) is 2.54. The summed E-state index contributed by atoms with van der Waals surface area (Å²) < 4.78 is 31.8. The van der Waals surface area contributed by atoms with Gasteiger partial charge in [0.15, 0.2) is 0 Å². The second-order valence-electron chi connectivity index (χ2n) is 5.33. The fraction of sp³-hybridized carbons (Fsp3) is 0.235. The molecular formula is C17H20N2O4S. The number of carbonyl (C=O) groups excluding carboxylic acids is 1. The molecule has 2 aromatic carbocycles. The lowest BCUT2D eigenvalue weighted by atomic mass is 10.2. The van der Waals surface area contributed by atoms with Crippen molar-refractivity contribution < 1.29 is 17.9 Å². The van der Waals surface area contributed by atoms with Crippen LogP contribution in [0, 0.1) is 6.92 Å². The Labute approximate surface area is 141 Å². The van der Waals surface area contributed by atoms with Crippen LogP contribution in [0.4, 0.5) is 5.69 Å². The minimum absolute atomic E-state index is 0.0184. The third-order valence-corrected chi connectivity index (χ3v) is 5.59. The minimum Gasteiger partial charge on any atom is -0.468 e. The number of sulfonamides is 1. The van der Waals surface area contributed by atoms with Crippen LogP contribution < -0.4 is 5.73 Å². The Balaban J connectivity index is 2.47. The van der Waals surface area contributed by atoms with E-state index in [-0.39, 0.29) is 23.7 Å². The van der Waals surface area contributed by atoms with E-state index < -0.39 is 16.0 Å². The van der Waals surface area contributed by atoms with Crippen molar-refractivity contribution >= 4 is 21.7 Å². The second-order valence-corrected chi connectivity index (χ2v) is 7.20. The van der Waals surface area contributed by atoms with Crippen LogP contribution in [0.1, 0.15) is 11.1 Å². The van der Waals surface area contributed by atoms with Gasteiger partial charge in [-0.1, -0.05) is 42.5 Å². The van der Waals surface area contributed by atoms with Crippen LogP contribution >= 0.6 is 0 Å². The van der Waals surface area contributed by atoms with Crippen LogP contribution in [0.5, 0.6) is 0 Å². The van der Waals surface area contributed by atoms with Crippen LogP contribution in [-0.2, 0) is 26.1 Å². The van der Waals surface area contributed by atoms with E-state index in [9.17, 15) is 13.2 Å². The highest BCUT2D eigenvalue weighted by atomic mass is 32.2. The third-order valence-electron chi connectivity index (χ3n) is 3.58. The number of rotatable bonds is 6. The Morgan fingerprint density at radius 2 is 1.79 bits per heavy atom. The van der Waals surface area contributed by atoms with E-state index in [4.69, 9.17) is 5.73 Å². The average molecular weight is 348 g/mol. The van der Waals surface area contributed by atoms with Crippen molar-refractivity contribution in [3.05, 3.63) is 59.7 Å². The maximum atomic E-state index is 13.1. The van der Waals surface area contributed by atoms with E-state index in [0.29, 0.717) is 5.56 Å². The molecule has 0 saturated heterocycles. The Bertz CT molecular complexity index is 799. The number of anilines is 1. The number of aryl methyl sites for hydroxylation is 1. The standard InChI is InChI=1S/C17H20N2O4S/c1-13-7-6-10-15(18)17(13)24(21,22)19(12-16(20)23-2)11-14-8-4-3-5-9-14/h3-10H,11-12,18H2,1-2H3. The van der Waals surface area contributed by atoms with Gasteiger partial charge in [-0.3, -0.25) is 4.79 Å². The summed E-state index contributed by atoms with van der Waals surface area (Å²) in [6.07, 6.45) is 0. The van der Waals surface area contributed by atoms with Crippen molar-refractivity contribution in [1.82, 2.24) is 4.31 Å². The predicted molar refractivity (Wildman–Crippen MR) is 91.6 cm³/mol. The van der Waals surface area contributed by atoms with Gasteiger partial charge in [-0.2, -0.15) is 4.31 Å². The van der Waals surface area contributed by atoms with E-state index in [1.54, 1.807) is 43.3 Å². The summed E-state index contributed by atoms with van der Waals surface area (Å²) in [5, 5.41) is 0. The Hall–Kier alpha value is -2.38. The normalized spacial score (nSPS) is 11.5. The fourth-order valence-electron chi connectivity index (χ4n) is 2.38. The first-order chi connectivity index (χ1) is 11.4. The molecule has 0 amide bonds. The monoisotopic (exact) mass is 348 g/mol. The summed E-state index contributed by atoms with van der Waals surface area (Å²) in [5.41, 5.74) is 7.32. The van der Waals surface area contributed by atoms with Gasteiger partial charge in [-0.05, 0) is 24.1 Å². The summed E-state index contributed by atoms with van der Waals surface area (Å²) in [6.45, 7) is 1.33. The predicted octanol–water partition coefficient (Wildman–Crippen LogP) is 1.94. The zero-order valence-electron chi connectivity index (χ0n) is 13.6. The number of nitrogens with zero attached hydrogens (tertiary/aromatic N) is 1. The molecule has 0 saturated carbocycles. The molecular weight excluding hydrogens is 328 g/mol. The summed E-state index contributed by atoms with van der Waals surface area (Å²) in [6, 6.07) is 13.9. The quantitative estimate of drug-likeness (QED) is 0.636. The fourth-order valence-corrected chi connectivity index (χ4v) is 4.07. The topological polar surface area (TPSA) is 89.7 Å². The summed E-state index contributed by atoms with van der Waals surface area (Å²) in [5.74, 6) is -0.637. The van der Waals surface area contributed by atoms with Gasteiger partial charge >= 0.3 is 5.97 Å².